The smallest absolute Gasteiger partial charge is 0.297 e. The fourth-order valence-corrected chi connectivity index (χ4v) is 2.21. The van der Waals surface area contributed by atoms with Crippen LogP contribution in [0, 0.1) is 5.82 Å². The van der Waals surface area contributed by atoms with Gasteiger partial charge in [0.1, 0.15) is 0 Å². The second kappa shape index (κ2) is 6.34. The molecule has 0 aliphatic rings. The van der Waals surface area contributed by atoms with Crippen LogP contribution in [0.4, 0.5) is 4.39 Å². The van der Waals surface area contributed by atoms with E-state index in [1.54, 1.807) is 0 Å². The first-order valence-electron chi connectivity index (χ1n) is 6.19. The molecule has 7 heteroatoms. The van der Waals surface area contributed by atoms with Crippen LogP contribution < -0.4 is 11.2 Å². The van der Waals surface area contributed by atoms with Gasteiger partial charge in [-0.3, -0.25) is 19.2 Å². The summed E-state index contributed by atoms with van der Waals surface area (Å²) in [5, 5.41) is -0.546. The highest BCUT2D eigenvalue weighted by Gasteiger charge is 2.16. The zero-order valence-corrected chi connectivity index (χ0v) is 12.3. The highest BCUT2D eigenvalue weighted by atomic mass is 35.5. The van der Waals surface area contributed by atoms with E-state index in [-0.39, 0.29) is 18.6 Å². The lowest BCUT2D eigenvalue weighted by molar-refractivity contribution is 0.166. The maximum absolute atomic E-state index is 13.4. The Morgan fingerprint density at radius 3 is 2.26 bits per heavy atom. The number of aromatic nitrogens is 2. The lowest BCUT2D eigenvalue weighted by Gasteiger charge is -2.30. The fourth-order valence-electron chi connectivity index (χ4n) is 2.05. The van der Waals surface area contributed by atoms with Crippen molar-refractivity contribution < 1.29 is 4.39 Å². The largest absolute Gasteiger partial charge is 0.329 e. The topological polar surface area (TPSA) is 58.1 Å². The molecule has 0 spiro atoms. The Morgan fingerprint density at radius 2 is 1.79 bits per heavy atom. The molecular weight excluding hydrogens is 273 g/mol. The van der Waals surface area contributed by atoms with Crippen molar-refractivity contribution in [3.05, 3.63) is 31.8 Å². The van der Waals surface area contributed by atoms with Crippen LogP contribution in [0.3, 0.4) is 0 Å². The van der Waals surface area contributed by atoms with E-state index in [0.717, 1.165) is 4.57 Å². The lowest BCUT2D eigenvalue weighted by atomic mass is 10.2. The average molecular weight is 292 g/mol. The summed E-state index contributed by atoms with van der Waals surface area (Å²) in [5.41, 5.74) is -1.68. The number of aromatic amines is 1. The Hall–Kier alpha value is -1.14. The van der Waals surface area contributed by atoms with Crippen molar-refractivity contribution >= 4 is 11.6 Å². The Balaban J connectivity index is 2.99. The van der Waals surface area contributed by atoms with Crippen molar-refractivity contribution in [2.75, 3.05) is 6.54 Å². The summed E-state index contributed by atoms with van der Waals surface area (Å²) < 4.78 is 14.2. The van der Waals surface area contributed by atoms with Gasteiger partial charge in [0.25, 0.3) is 5.56 Å². The van der Waals surface area contributed by atoms with Crippen molar-refractivity contribution in [2.45, 2.75) is 46.3 Å². The molecule has 1 rings (SSSR count). The number of nitrogens with zero attached hydrogens (tertiary/aromatic N) is 2. The summed E-state index contributed by atoms with van der Waals surface area (Å²) in [4.78, 5) is 27.4. The monoisotopic (exact) mass is 291 g/mol. The van der Waals surface area contributed by atoms with E-state index in [4.69, 9.17) is 11.6 Å². The van der Waals surface area contributed by atoms with Gasteiger partial charge in [0.05, 0.1) is 0 Å². The molecule has 0 saturated carbocycles. The van der Waals surface area contributed by atoms with E-state index in [1.165, 1.54) is 0 Å². The van der Waals surface area contributed by atoms with Gasteiger partial charge in [-0.1, -0.05) is 11.6 Å². The van der Waals surface area contributed by atoms with Crippen LogP contribution >= 0.6 is 11.6 Å². The fraction of sp³-hybridized carbons (Fsp3) is 0.667. The molecule has 1 aromatic heterocycles. The molecule has 1 heterocycles. The average Bonchev–Trinajstić information content (AvgIpc) is 2.29. The number of nitrogens with one attached hydrogen (secondary N) is 1. The van der Waals surface area contributed by atoms with Crippen LogP contribution in [0.15, 0.2) is 9.59 Å². The van der Waals surface area contributed by atoms with Crippen molar-refractivity contribution in [3.63, 3.8) is 0 Å². The van der Waals surface area contributed by atoms with E-state index < -0.39 is 22.2 Å². The highest BCUT2D eigenvalue weighted by molar-refractivity contribution is 6.29. The minimum Gasteiger partial charge on any atom is -0.297 e. The number of H-pyrrole nitrogens is 1. The van der Waals surface area contributed by atoms with Crippen LogP contribution in [-0.4, -0.2) is 33.1 Å². The molecule has 0 saturated heterocycles. The second-order valence-electron chi connectivity index (χ2n) is 4.94. The molecule has 0 aliphatic carbocycles. The van der Waals surface area contributed by atoms with E-state index in [0.29, 0.717) is 6.54 Å². The van der Waals surface area contributed by atoms with E-state index >= 15 is 0 Å². The normalized spacial score (nSPS) is 11.8. The summed E-state index contributed by atoms with van der Waals surface area (Å²) in [6.45, 7) is 8.70. The molecule has 19 heavy (non-hydrogen) atoms. The molecule has 0 fully saturated rings. The molecule has 108 valence electrons. The minimum atomic E-state index is -1.12. The number of hydrogen-bond acceptors (Lipinski definition) is 3. The van der Waals surface area contributed by atoms with Gasteiger partial charge >= 0.3 is 5.69 Å². The molecule has 0 radical (unpaired) electrons. The van der Waals surface area contributed by atoms with Gasteiger partial charge < -0.3 is 0 Å². The quantitative estimate of drug-likeness (QED) is 0.835. The van der Waals surface area contributed by atoms with Gasteiger partial charge in [-0.15, -0.1) is 0 Å². The first kappa shape index (κ1) is 15.9. The van der Waals surface area contributed by atoms with Crippen LogP contribution in [0.1, 0.15) is 27.7 Å². The zero-order chi connectivity index (χ0) is 14.7. The first-order chi connectivity index (χ1) is 8.75. The maximum atomic E-state index is 13.4. The van der Waals surface area contributed by atoms with Crippen molar-refractivity contribution in [2.24, 2.45) is 0 Å². The third kappa shape index (κ3) is 3.67. The maximum Gasteiger partial charge on any atom is 0.329 e. The predicted molar refractivity (Wildman–Crippen MR) is 73.3 cm³/mol. The van der Waals surface area contributed by atoms with Gasteiger partial charge in [-0.05, 0) is 27.7 Å². The molecule has 0 aliphatic heterocycles. The molecule has 0 aromatic carbocycles. The van der Waals surface area contributed by atoms with Gasteiger partial charge in [-0.25, -0.2) is 4.79 Å². The molecule has 0 bridgehead atoms. The SMILES string of the molecule is CC(C)N(CCn1c(=O)[nH]c(Cl)c(F)c1=O)C(C)C. The summed E-state index contributed by atoms with van der Waals surface area (Å²) in [7, 11) is 0. The molecule has 5 nitrogen and oxygen atoms in total. The number of rotatable bonds is 5. The standard InChI is InChI=1S/C12H19ClFN3O2/c1-7(2)16(8(3)4)5-6-17-11(18)9(14)10(13)15-12(17)19/h7-8H,5-6H2,1-4H3,(H,15,19). The summed E-state index contributed by atoms with van der Waals surface area (Å²) in [5.74, 6) is -1.12. The summed E-state index contributed by atoms with van der Waals surface area (Å²) in [6.07, 6.45) is 0. The molecule has 0 unspecified atom stereocenters. The summed E-state index contributed by atoms with van der Waals surface area (Å²) >= 11 is 5.40. The van der Waals surface area contributed by atoms with E-state index in [1.807, 2.05) is 27.7 Å². The molecule has 0 atom stereocenters. The van der Waals surface area contributed by atoms with Gasteiger partial charge in [0, 0.05) is 25.2 Å². The van der Waals surface area contributed by atoms with Crippen LogP contribution in [0.25, 0.3) is 0 Å². The van der Waals surface area contributed by atoms with Crippen molar-refractivity contribution in [3.8, 4) is 0 Å². The van der Waals surface area contributed by atoms with Crippen molar-refractivity contribution in [1.82, 2.24) is 14.5 Å². The zero-order valence-electron chi connectivity index (χ0n) is 11.5. The van der Waals surface area contributed by atoms with Crippen molar-refractivity contribution in [1.29, 1.82) is 0 Å². The molecule has 0 amide bonds. The van der Waals surface area contributed by atoms with Gasteiger partial charge in [0.2, 0.25) is 5.82 Å². The first-order valence-corrected chi connectivity index (χ1v) is 6.57. The third-order valence-electron chi connectivity index (χ3n) is 3.00. The molecule has 1 aromatic rings. The van der Waals surface area contributed by atoms with Crippen LogP contribution in [0.5, 0.6) is 0 Å². The molecule has 1 N–H and O–H groups in total. The molecular formula is C12H19ClFN3O2. The predicted octanol–water partition coefficient (Wildman–Crippen LogP) is 1.45. The minimum absolute atomic E-state index is 0.124. The number of hydrogen-bond donors (Lipinski definition) is 1. The Morgan fingerprint density at radius 1 is 1.26 bits per heavy atom. The second-order valence-corrected chi connectivity index (χ2v) is 5.32. The van der Waals surface area contributed by atoms with Crippen LogP contribution in [-0.2, 0) is 6.54 Å². The third-order valence-corrected chi connectivity index (χ3v) is 3.26. The summed E-state index contributed by atoms with van der Waals surface area (Å²) in [6, 6.07) is 0.541. The van der Waals surface area contributed by atoms with Gasteiger partial charge in [-0.2, -0.15) is 4.39 Å². The van der Waals surface area contributed by atoms with E-state index in [9.17, 15) is 14.0 Å². The Labute approximate surface area is 116 Å². The Bertz CT molecular complexity index is 543. The lowest BCUT2D eigenvalue weighted by Crippen LogP contribution is -2.44. The van der Waals surface area contributed by atoms with Gasteiger partial charge in [0.15, 0.2) is 5.15 Å². The van der Waals surface area contributed by atoms with E-state index in [2.05, 4.69) is 9.88 Å². The highest BCUT2D eigenvalue weighted by Crippen LogP contribution is 2.05. The Kier molecular flexibility index (Phi) is 5.31. The number of halogens is 2. The van der Waals surface area contributed by atoms with Crippen LogP contribution in [0.2, 0.25) is 5.15 Å².